The van der Waals surface area contributed by atoms with Gasteiger partial charge in [0.1, 0.15) is 12.4 Å². The summed E-state index contributed by atoms with van der Waals surface area (Å²) in [4.78, 5) is 14.5. The van der Waals surface area contributed by atoms with Crippen molar-refractivity contribution in [3.63, 3.8) is 0 Å². The van der Waals surface area contributed by atoms with Gasteiger partial charge in [0.05, 0.1) is 11.2 Å². The molecule has 2 aromatic rings. The van der Waals surface area contributed by atoms with E-state index in [0.717, 1.165) is 24.1 Å². The number of piperidine rings is 2. The minimum atomic E-state index is -4.80. The summed E-state index contributed by atoms with van der Waals surface area (Å²) in [5, 5.41) is 11.2. The van der Waals surface area contributed by atoms with Crippen LogP contribution in [0.2, 0.25) is 0 Å². The fourth-order valence-corrected chi connectivity index (χ4v) is 5.04. The zero-order valence-electron chi connectivity index (χ0n) is 17.4. The van der Waals surface area contributed by atoms with Gasteiger partial charge in [0.15, 0.2) is 0 Å². The van der Waals surface area contributed by atoms with Gasteiger partial charge in [-0.25, -0.2) is 9.18 Å². The van der Waals surface area contributed by atoms with Crippen LogP contribution in [0, 0.1) is 5.82 Å². The smallest absolute Gasteiger partial charge is 0.419 e. The Labute approximate surface area is 183 Å². The molecule has 2 aliphatic heterocycles. The van der Waals surface area contributed by atoms with Crippen molar-refractivity contribution >= 4 is 6.09 Å². The lowest BCUT2D eigenvalue weighted by molar-refractivity contribution is -0.140. The molecule has 2 aromatic carbocycles. The molecule has 2 bridgehead atoms. The molecule has 0 saturated carbocycles. The fraction of sp³-hybridized carbons (Fsp3) is 0.458. The second kappa shape index (κ2) is 8.73. The predicted octanol–water partition coefficient (Wildman–Crippen LogP) is 5.47. The number of carbonyl (C=O) groups excluding carboxylic acids is 1. The zero-order valence-corrected chi connectivity index (χ0v) is 17.4. The molecular formula is C24H25F4NO3. The number of ether oxygens (including phenoxy) is 1. The van der Waals surface area contributed by atoms with Gasteiger partial charge in [-0.3, -0.25) is 0 Å². The van der Waals surface area contributed by atoms with E-state index in [1.807, 2.05) is 30.3 Å². The van der Waals surface area contributed by atoms with Gasteiger partial charge in [-0.2, -0.15) is 13.2 Å². The second-order valence-corrected chi connectivity index (χ2v) is 8.81. The van der Waals surface area contributed by atoms with Crippen LogP contribution in [0.4, 0.5) is 22.4 Å². The Bertz CT molecular complexity index is 949. The molecule has 2 fully saturated rings. The van der Waals surface area contributed by atoms with E-state index in [9.17, 15) is 27.5 Å². The first-order valence-corrected chi connectivity index (χ1v) is 10.7. The van der Waals surface area contributed by atoms with Gasteiger partial charge in [0, 0.05) is 18.5 Å². The third-order valence-electron chi connectivity index (χ3n) is 6.38. The molecule has 2 unspecified atom stereocenters. The molecule has 0 aromatic heterocycles. The summed E-state index contributed by atoms with van der Waals surface area (Å²) in [7, 11) is 0. The summed E-state index contributed by atoms with van der Waals surface area (Å²) in [6.45, 7) is 0.148. The van der Waals surface area contributed by atoms with Crippen LogP contribution in [0.1, 0.15) is 48.8 Å². The van der Waals surface area contributed by atoms with Gasteiger partial charge in [-0.05, 0) is 55.4 Å². The van der Waals surface area contributed by atoms with Gasteiger partial charge in [-0.1, -0.05) is 36.4 Å². The van der Waals surface area contributed by atoms with E-state index in [1.54, 1.807) is 4.90 Å². The maximum atomic E-state index is 13.6. The maximum Gasteiger partial charge on any atom is 0.419 e. The van der Waals surface area contributed by atoms with Crippen LogP contribution in [0.5, 0.6) is 0 Å². The second-order valence-electron chi connectivity index (χ2n) is 8.81. The minimum absolute atomic E-state index is 0.0315. The van der Waals surface area contributed by atoms with Crippen molar-refractivity contribution in [1.82, 2.24) is 4.90 Å². The average Bonchev–Trinajstić information content (AvgIpc) is 2.72. The van der Waals surface area contributed by atoms with Crippen LogP contribution >= 0.6 is 0 Å². The molecular weight excluding hydrogens is 426 g/mol. The topological polar surface area (TPSA) is 49.8 Å². The van der Waals surface area contributed by atoms with Crippen LogP contribution < -0.4 is 0 Å². The lowest BCUT2D eigenvalue weighted by Crippen LogP contribution is -2.60. The highest BCUT2D eigenvalue weighted by atomic mass is 19.4. The Morgan fingerprint density at radius 2 is 1.72 bits per heavy atom. The molecule has 1 N–H and O–H groups in total. The quantitative estimate of drug-likeness (QED) is 0.627. The van der Waals surface area contributed by atoms with Crippen LogP contribution in [0.15, 0.2) is 48.5 Å². The molecule has 0 aliphatic carbocycles. The van der Waals surface area contributed by atoms with Crippen LogP contribution in [0.3, 0.4) is 0 Å². The molecule has 32 heavy (non-hydrogen) atoms. The summed E-state index contributed by atoms with van der Waals surface area (Å²) >= 11 is 0. The number of rotatable bonds is 4. The molecule has 8 heteroatoms. The zero-order chi connectivity index (χ0) is 22.9. The highest BCUT2D eigenvalue weighted by molar-refractivity contribution is 5.69. The normalized spacial score (nSPS) is 25.5. The number of hydrogen-bond donors (Lipinski definition) is 1. The SMILES string of the molecule is O=C(OCc1ccccc1)N1C2CCCC1CC(O)(Cc1ccc(F)c(C(F)(F)F)c1)C2. The number of aliphatic hydroxyl groups is 1. The van der Waals surface area contributed by atoms with E-state index in [2.05, 4.69) is 0 Å². The summed E-state index contributed by atoms with van der Waals surface area (Å²) < 4.78 is 58.3. The summed E-state index contributed by atoms with van der Waals surface area (Å²) in [5.41, 5.74) is -1.51. The number of alkyl halides is 3. The molecule has 2 saturated heterocycles. The third kappa shape index (κ3) is 4.90. The lowest BCUT2D eigenvalue weighted by Gasteiger charge is -2.51. The Hall–Kier alpha value is -2.61. The number of benzene rings is 2. The monoisotopic (exact) mass is 451 g/mol. The molecule has 1 amide bonds. The Morgan fingerprint density at radius 1 is 1.06 bits per heavy atom. The van der Waals surface area contributed by atoms with E-state index in [4.69, 9.17) is 4.74 Å². The largest absolute Gasteiger partial charge is 0.445 e. The Morgan fingerprint density at radius 3 is 2.34 bits per heavy atom. The van der Waals surface area contributed by atoms with E-state index < -0.39 is 29.3 Å². The maximum absolute atomic E-state index is 13.6. The third-order valence-corrected chi connectivity index (χ3v) is 6.38. The standard InChI is InChI=1S/C24H25F4NO3/c25-21-10-9-17(11-20(21)24(26,27)28)12-23(31)13-18-7-4-8-19(14-23)29(18)22(30)32-15-16-5-2-1-3-6-16/h1-3,5-6,9-11,18-19,31H,4,7-8,12-15H2. The van der Waals surface area contributed by atoms with E-state index in [0.29, 0.717) is 12.8 Å². The van der Waals surface area contributed by atoms with Gasteiger partial charge in [0.2, 0.25) is 0 Å². The van der Waals surface area contributed by atoms with Gasteiger partial charge in [-0.15, -0.1) is 0 Å². The number of hydrogen-bond acceptors (Lipinski definition) is 3. The first-order valence-electron chi connectivity index (χ1n) is 10.7. The summed E-state index contributed by atoms with van der Waals surface area (Å²) in [6.07, 6.45) is -2.51. The first-order chi connectivity index (χ1) is 15.1. The highest BCUT2D eigenvalue weighted by Gasteiger charge is 2.48. The number of nitrogens with zero attached hydrogens (tertiary/aromatic N) is 1. The van der Waals surface area contributed by atoms with Crippen LogP contribution in [0.25, 0.3) is 0 Å². The number of amides is 1. The molecule has 4 nitrogen and oxygen atoms in total. The predicted molar refractivity (Wildman–Crippen MR) is 109 cm³/mol. The van der Waals surface area contributed by atoms with Crippen molar-refractivity contribution in [2.75, 3.05) is 0 Å². The van der Waals surface area contributed by atoms with Crippen molar-refractivity contribution in [2.24, 2.45) is 0 Å². The minimum Gasteiger partial charge on any atom is -0.445 e. The number of fused-ring (bicyclic) bond motifs is 2. The van der Waals surface area contributed by atoms with E-state index >= 15 is 0 Å². The molecule has 2 heterocycles. The lowest BCUT2D eigenvalue weighted by atomic mass is 9.73. The summed E-state index contributed by atoms with van der Waals surface area (Å²) in [6, 6.07) is 11.6. The van der Waals surface area contributed by atoms with Crippen LogP contribution in [-0.4, -0.2) is 33.8 Å². The first kappa shape index (κ1) is 22.6. The molecule has 172 valence electrons. The Balaban J connectivity index is 1.46. The summed E-state index contributed by atoms with van der Waals surface area (Å²) in [5.74, 6) is -1.33. The van der Waals surface area contributed by atoms with Crippen molar-refractivity contribution in [3.8, 4) is 0 Å². The highest BCUT2D eigenvalue weighted by Crippen LogP contribution is 2.42. The Kier molecular flexibility index (Phi) is 6.16. The van der Waals surface area contributed by atoms with E-state index in [1.165, 1.54) is 6.07 Å². The molecule has 0 radical (unpaired) electrons. The van der Waals surface area contributed by atoms with Crippen LogP contribution in [-0.2, 0) is 23.9 Å². The van der Waals surface area contributed by atoms with Crippen molar-refractivity contribution in [1.29, 1.82) is 0 Å². The fourth-order valence-electron chi connectivity index (χ4n) is 5.04. The van der Waals surface area contributed by atoms with Crippen molar-refractivity contribution < 1.29 is 32.2 Å². The molecule has 4 rings (SSSR count). The van der Waals surface area contributed by atoms with Gasteiger partial charge >= 0.3 is 12.3 Å². The van der Waals surface area contributed by atoms with E-state index in [-0.39, 0.29) is 43.5 Å². The number of carbonyl (C=O) groups is 1. The molecule has 2 atom stereocenters. The molecule has 2 aliphatic rings. The number of halogens is 4. The van der Waals surface area contributed by atoms with Crippen molar-refractivity contribution in [3.05, 3.63) is 71.0 Å². The average molecular weight is 451 g/mol. The van der Waals surface area contributed by atoms with Crippen molar-refractivity contribution in [2.45, 2.75) is 69.0 Å². The molecule has 0 spiro atoms. The van der Waals surface area contributed by atoms with Gasteiger partial charge < -0.3 is 14.7 Å². The van der Waals surface area contributed by atoms with Gasteiger partial charge in [0.25, 0.3) is 0 Å².